The fraction of sp³-hybridized carbons (Fsp3) is 0.0769. The number of pyridine rings is 2. The first kappa shape index (κ1) is 12.7. The van der Waals surface area contributed by atoms with E-state index in [1.165, 1.54) is 13.0 Å². The van der Waals surface area contributed by atoms with Crippen LogP contribution in [0.15, 0.2) is 30.3 Å². The lowest BCUT2D eigenvalue weighted by atomic mass is 10.2. The van der Waals surface area contributed by atoms with Crippen molar-refractivity contribution in [3.63, 3.8) is 0 Å². The van der Waals surface area contributed by atoms with Gasteiger partial charge >= 0.3 is 5.97 Å². The first-order valence-corrected chi connectivity index (χ1v) is 5.47. The Bertz CT molecular complexity index is 668. The Morgan fingerprint density at radius 3 is 2.42 bits per heavy atom. The monoisotopic (exact) mass is 257 g/mol. The number of ketones is 1. The zero-order chi connectivity index (χ0) is 14.0. The molecule has 2 rings (SSSR count). The highest BCUT2D eigenvalue weighted by molar-refractivity contribution is 5.93. The van der Waals surface area contributed by atoms with E-state index in [0.717, 1.165) is 0 Å². The Morgan fingerprint density at radius 2 is 1.79 bits per heavy atom. The van der Waals surface area contributed by atoms with Gasteiger partial charge in [0.05, 0.1) is 17.1 Å². The Kier molecular flexibility index (Phi) is 3.24. The highest BCUT2D eigenvalue weighted by atomic mass is 16.4. The average molecular weight is 257 g/mol. The van der Waals surface area contributed by atoms with Crippen LogP contribution in [0.25, 0.3) is 11.4 Å². The molecule has 6 heteroatoms. The normalized spacial score (nSPS) is 10.2. The van der Waals surface area contributed by atoms with E-state index in [1.807, 2.05) is 0 Å². The number of carbonyl (C=O) groups is 2. The topological polar surface area (TPSA) is 106 Å². The maximum absolute atomic E-state index is 11.3. The summed E-state index contributed by atoms with van der Waals surface area (Å²) in [4.78, 5) is 30.3. The molecule has 0 saturated heterocycles. The second-order valence-electron chi connectivity index (χ2n) is 3.90. The fourth-order valence-corrected chi connectivity index (χ4v) is 1.56. The molecule has 0 spiro atoms. The number of carboxylic acids is 1. The van der Waals surface area contributed by atoms with Crippen LogP contribution in [-0.4, -0.2) is 26.8 Å². The quantitative estimate of drug-likeness (QED) is 0.809. The minimum Gasteiger partial charge on any atom is -0.476 e. The van der Waals surface area contributed by atoms with Gasteiger partial charge in [0.25, 0.3) is 0 Å². The number of carboxylic acid groups (broad SMARTS) is 1. The van der Waals surface area contributed by atoms with Crippen molar-refractivity contribution in [3.05, 3.63) is 41.7 Å². The lowest BCUT2D eigenvalue weighted by Crippen LogP contribution is -2.07. The summed E-state index contributed by atoms with van der Waals surface area (Å²) in [6.07, 6.45) is 0. The van der Waals surface area contributed by atoms with Gasteiger partial charge in [0.1, 0.15) is 5.69 Å². The van der Waals surface area contributed by atoms with Gasteiger partial charge in [0.2, 0.25) is 0 Å². The van der Waals surface area contributed by atoms with E-state index in [2.05, 4.69) is 9.97 Å². The van der Waals surface area contributed by atoms with Crippen molar-refractivity contribution in [1.82, 2.24) is 9.97 Å². The Hall–Kier alpha value is -2.76. The summed E-state index contributed by atoms with van der Waals surface area (Å²) in [5, 5.41) is 8.96. The van der Waals surface area contributed by atoms with Crippen LogP contribution >= 0.6 is 0 Å². The molecule has 0 amide bonds. The number of rotatable bonds is 3. The van der Waals surface area contributed by atoms with E-state index in [0.29, 0.717) is 17.1 Å². The molecule has 19 heavy (non-hydrogen) atoms. The summed E-state index contributed by atoms with van der Waals surface area (Å²) >= 11 is 0. The van der Waals surface area contributed by atoms with Crippen molar-refractivity contribution in [2.75, 3.05) is 5.73 Å². The molecule has 0 aromatic carbocycles. The third-order valence-corrected chi connectivity index (χ3v) is 2.50. The zero-order valence-electron chi connectivity index (χ0n) is 10.1. The number of carbonyl (C=O) groups excluding carboxylic acids is 1. The van der Waals surface area contributed by atoms with Crippen molar-refractivity contribution >= 4 is 17.4 Å². The number of nitrogen functional groups attached to an aromatic ring is 1. The second-order valence-corrected chi connectivity index (χ2v) is 3.90. The predicted octanol–water partition coefficient (Wildman–Crippen LogP) is 1.63. The lowest BCUT2D eigenvalue weighted by Gasteiger charge is -2.05. The largest absolute Gasteiger partial charge is 0.476 e. The first-order chi connectivity index (χ1) is 8.99. The van der Waals surface area contributed by atoms with Crippen LogP contribution in [0.2, 0.25) is 0 Å². The van der Waals surface area contributed by atoms with E-state index in [1.54, 1.807) is 24.3 Å². The van der Waals surface area contributed by atoms with Gasteiger partial charge in [-0.2, -0.15) is 0 Å². The smallest absolute Gasteiger partial charge is 0.356 e. The molecule has 2 aromatic rings. The number of Topliss-reactive ketones (excluding diaryl/α,β-unsaturated/α-hetero) is 1. The van der Waals surface area contributed by atoms with E-state index in [4.69, 9.17) is 10.8 Å². The molecule has 0 atom stereocenters. The van der Waals surface area contributed by atoms with Gasteiger partial charge in [0.15, 0.2) is 11.5 Å². The number of nitrogens with zero attached hydrogens (tertiary/aromatic N) is 2. The van der Waals surface area contributed by atoms with Gasteiger partial charge in [-0.15, -0.1) is 0 Å². The van der Waals surface area contributed by atoms with E-state index >= 15 is 0 Å². The minimum absolute atomic E-state index is 0.0824. The number of anilines is 1. The lowest BCUT2D eigenvalue weighted by molar-refractivity contribution is 0.0691. The van der Waals surface area contributed by atoms with Crippen molar-refractivity contribution in [3.8, 4) is 11.4 Å². The molecule has 6 nitrogen and oxygen atoms in total. The molecule has 3 N–H and O–H groups in total. The van der Waals surface area contributed by atoms with Gasteiger partial charge < -0.3 is 10.8 Å². The molecule has 2 heterocycles. The van der Waals surface area contributed by atoms with Crippen molar-refractivity contribution < 1.29 is 14.7 Å². The Labute approximate surface area is 108 Å². The standard InChI is InChI=1S/C13H11N3O3/c1-7(17)9-3-2-4-10(15-9)11-6-5-8(14)12(16-11)13(18)19/h2-6H,14H2,1H3,(H,18,19). The highest BCUT2D eigenvalue weighted by Crippen LogP contribution is 2.19. The van der Waals surface area contributed by atoms with Crippen LogP contribution in [0.5, 0.6) is 0 Å². The number of hydrogen-bond donors (Lipinski definition) is 2. The molecule has 0 aliphatic heterocycles. The second kappa shape index (κ2) is 4.85. The number of aromatic carboxylic acids is 1. The molecular formula is C13H11N3O3. The molecule has 0 bridgehead atoms. The molecule has 0 aliphatic rings. The summed E-state index contributed by atoms with van der Waals surface area (Å²) in [5.41, 5.74) is 6.46. The molecule has 0 aliphatic carbocycles. The van der Waals surface area contributed by atoms with Crippen molar-refractivity contribution in [1.29, 1.82) is 0 Å². The number of hydrogen-bond acceptors (Lipinski definition) is 5. The van der Waals surface area contributed by atoms with Crippen LogP contribution in [-0.2, 0) is 0 Å². The molecule has 0 fully saturated rings. The maximum atomic E-state index is 11.3. The number of aromatic nitrogens is 2. The number of nitrogens with two attached hydrogens (primary N) is 1. The van der Waals surface area contributed by atoms with E-state index in [9.17, 15) is 9.59 Å². The summed E-state index contributed by atoms with van der Waals surface area (Å²) in [6.45, 7) is 1.41. The summed E-state index contributed by atoms with van der Waals surface area (Å²) in [7, 11) is 0. The summed E-state index contributed by atoms with van der Waals surface area (Å²) in [6, 6.07) is 7.91. The van der Waals surface area contributed by atoms with Crippen LogP contribution < -0.4 is 5.73 Å². The van der Waals surface area contributed by atoms with Crippen molar-refractivity contribution in [2.24, 2.45) is 0 Å². The highest BCUT2D eigenvalue weighted by Gasteiger charge is 2.13. The van der Waals surface area contributed by atoms with Gasteiger partial charge in [0, 0.05) is 6.92 Å². The van der Waals surface area contributed by atoms with Crippen molar-refractivity contribution in [2.45, 2.75) is 6.92 Å². The summed E-state index contributed by atoms with van der Waals surface area (Å²) < 4.78 is 0. The van der Waals surface area contributed by atoms with Crippen LogP contribution in [0.1, 0.15) is 27.9 Å². The molecular weight excluding hydrogens is 246 g/mol. The Morgan fingerprint density at radius 1 is 1.11 bits per heavy atom. The molecule has 2 aromatic heterocycles. The molecule has 0 unspecified atom stereocenters. The third kappa shape index (κ3) is 2.57. The first-order valence-electron chi connectivity index (χ1n) is 5.47. The van der Waals surface area contributed by atoms with Gasteiger partial charge in [-0.1, -0.05) is 6.07 Å². The van der Waals surface area contributed by atoms with Gasteiger partial charge in [-0.3, -0.25) is 4.79 Å². The minimum atomic E-state index is -1.21. The third-order valence-electron chi connectivity index (χ3n) is 2.50. The van der Waals surface area contributed by atoms with Crippen LogP contribution in [0.4, 0.5) is 5.69 Å². The predicted molar refractivity (Wildman–Crippen MR) is 68.8 cm³/mol. The zero-order valence-corrected chi connectivity index (χ0v) is 10.1. The summed E-state index contributed by atoms with van der Waals surface area (Å²) in [5.74, 6) is -1.38. The van der Waals surface area contributed by atoms with Crippen LogP contribution in [0, 0.1) is 0 Å². The molecule has 96 valence electrons. The maximum Gasteiger partial charge on any atom is 0.356 e. The average Bonchev–Trinajstić information content (AvgIpc) is 2.39. The van der Waals surface area contributed by atoms with Gasteiger partial charge in [-0.25, -0.2) is 14.8 Å². The molecule has 0 saturated carbocycles. The fourth-order valence-electron chi connectivity index (χ4n) is 1.56. The van der Waals surface area contributed by atoms with Gasteiger partial charge in [-0.05, 0) is 24.3 Å². The molecule has 0 radical (unpaired) electrons. The Balaban J connectivity index is 2.53. The van der Waals surface area contributed by atoms with E-state index in [-0.39, 0.29) is 17.2 Å². The van der Waals surface area contributed by atoms with Crippen LogP contribution in [0.3, 0.4) is 0 Å². The SMILES string of the molecule is CC(=O)c1cccc(-c2ccc(N)c(C(=O)O)n2)n1. The van der Waals surface area contributed by atoms with E-state index < -0.39 is 5.97 Å².